The van der Waals surface area contributed by atoms with E-state index >= 15 is 0 Å². The van der Waals surface area contributed by atoms with Gasteiger partial charge in [-0.3, -0.25) is 9.59 Å². The zero-order valence-electron chi connectivity index (χ0n) is 8.93. The summed E-state index contributed by atoms with van der Waals surface area (Å²) in [4.78, 5) is 24.4. The fraction of sp³-hybridized carbons (Fsp3) is 0.400. The van der Waals surface area contributed by atoms with Gasteiger partial charge in [0.2, 0.25) is 5.43 Å². The van der Waals surface area contributed by atoms with Crippen molar-refractivity contribution in [2.24, 2.45) is 0 Å². The molecule has 0 spiro atoms. The number of aromatic amines is 1. The van der Waals surface area contributed by atoms with Crippen molar-refractivity contribution in [2.45, 2.75) is 19.8 Å². The number of halogens is 3. The lowest BCUT2D eigenvalue weighted by Gasteiger charge is -2.07. The fourth-order valence-electron chi connectivity index (χ4n) is 1.29. The number of carbonyl (C=O) groups is 1. The van der Waals surface area contributed by atoms with Gasteiger partial charge in [-0.2, -0.15) is 0 Å². The standard InChI is InChI=1S/C10H10F3NO3/c1-2-17-7(15)3-6-8(10(12)13)9(16)5(11)4-14-6/h4,10H,2-3H2,1H3,(H,14,16). The summed E-state index contributed by atoms with van der Waals surface area (Å²) in [5.74, 6) is -2.08. The Hall–Kier alpha value is -1.79. The number of nitrogens with one attached hydrogen (secondary N) is 1. The maximum Gasteiger partial charge on any atom is 0.311 e. The van der Waals surface area contributed by atoms with Crippen LogP contribution in [-0.2, 0) is 16.0 Å². The predicted molar refractivity (Wildman–Crippen MR) is 52.3 cm³/mol. The Morgan fingerprint density at radius 1 is 1.53 bits per heavy atom. The maximum absolute atomic E-state index is 12.8. The molecule has 0 unspecified atom stereocenters. The summed E-state index contributed by atoms with van der Waals surface area (Å²) in [6, 6.07) is 0. The van der Waals surface area contributed by atoms with Gasteiger partial charge < -0.3 is 9.72 Å². The van der Waals surface area contributed by atoms with Crippen LogP contribution in [0.25, 0.3) is 0 Å². The Bertz CT molecular complexity index is 470. The van der Waals surface area contributed by atoms with E-state index < -0.39 is 35.6 Å². The topological polar surface area (TPSA) is 59.2 Å². The quantitative estimate of drug-likeness (QED) is 0.824. The predicted octanol–water partition coefficient (Wildman–Crippen LogP) is 1.56. The molecule has 1 heterocycles. The summed E-state index contributed by atoms with van der Waals surface area (Å²) in [5.41, 5.74) is -2.76. The van der Waals surface area contributed by atoms with Gasteiger partial charge in [-0.25, -0.2) is 13.2 Å². The molecule has 0 bridgehead atoms. The van der Waals surface area contributed by atoms with Crippen LogP contribution in [0.1, 0.15) is 24.6 Å². The Morgan fingerprint density at radius 3 is 2.71 bits per heavy atom. The summed E-state index contributed by atoms with van der Waals surface area (Å²) in [6.07, 6.45) is -3.04. The van der Waals surface area contributed by atoms with E-state index in [9.17, 15) is 22.8 Å². The average Bonchev–Trinajstić information content (AvgIpc) is 2.23. The lowest BCUT2D eigenvalue weighted by atomic mass is 10.1. The Balaban J connectivity index is 3.12. The van der Waals surface area contributed by atoms with Crippen molar-refractivity contribution in [3.8, 4) is 0 Å². The first-order chi connectivity index (χ1) is 7.97. The molecule has 4 nitrogen and oxygen atoms in total. The van der Waals surface area contributed by atoms with Gasteiger partial charge in [0.25, 0.3) is 6.43 Å². The second kappa shape index (κ2) is 5.51. The third-order valence-corrected chi connectivity index (χ3v) is 2.00. The van der Waals surface area contributed by atoms with Crippen LogP contribution >= 0.6 is 0 Å². The number of hydrogen-bond donors (Lipinski definition) is 1. The summed E-state index contributed by atoms with van der Waals surface area (Å²) in [5, 5.41) is 0. The van der Waals surface area contributed by atoms with E-state index in [1.807, 2.05) is 0 Å². The molecule has 17 heavy (non-hydrogen) atoms. The highest BCUT2D eigenvalue weighted by Crippen LogP contribution is 2.18. The zero-order chi connectivity index (χ0) is 13.0. The van der Waals surface area contributed by atoms with E-state index in [1.165, 1.54) is 0 Å². The van der Waals surface area contributed by atoms with Crippen molar-refractivity contribution >= 4 is 5.97 Å². The number of ether oxygens (including phenoxy) is 1. The number of carbonyl (C=O) groups excluding carboxylic acids is 1. The molecule has 0 amide bonds. The van der Waals surface area contributed by atoms with Crippen molar-refractivity contribution in [3.05, 3.63) is 33.5 Å². The number of alkyl halides is 2. The van der Waals surface area contributed by atoms with Gasteiger partial charge in [-0.1, -0.05) is 0 Å². The molecule has 1 aromatic heterocycles. The van der Waals surface area contributed by atoms with E-state index in [2.05, 4.69) is 9.72 Å². The highest BCUT2D eigenvalue weighted by Gasteiger charge is 2.22. The first kappa shape index (κ1) is 13.3. The van der Waals surface area contributed by atoms with Crippen LogP contribution in [0.2, 0.25) is 0 Å². The van der Waals surface area contributed by atoms with E-state index in [-0.39, 0.29) is 12.3 Å². The first-order valence-electron chi connectivity index (χ1n) is 4.81. The SMILES string of the molecule is CCOC(=O)Cc1[nH]cc(F)c(=O)c1C(F)F. The van der Waals surface area contributed by atoms with Crippen LogP contribution in [0, 0.1) is 5.82 Å². The molecule has 1 aromatic rings. The normalized spacial score (nSPS) is 10.6. The molecule has 94 valence electrons. The third kappa shape index (κ3) is 3.08. The maximum atomic E-state index is 12.8. The van der Waals surface area contributed by atoms with Gasteiger partial charge in [0.1, 0.15) is 0 Å². The van der Waals surface area contributed by atoms with E-state index in [0.29, 0.717) is 6.20 Å². The molecule has 0 saturated heterocycles. The zero-order valence-corrected chi connectivity index (χ0v) is 8.93. The van der Waals surface area contributed by atoms with Crippen LogP contribution in [-0.4, -0.2) is 17.6 Å². The van der Waals surface area contributed by atoms with E-state index in [1.54, 1.807) is 6.92 Å². The molecular formula is C10H10F3NO3. The van der Waals surface area contributed by atoms with Gasteiger partial charge in [0, 0.05) is 11.9 Å². The monoisotopic (exact) mass is 249 g/mol. The molecule has 0 atom stereocenters. The van der Waals surface area contributed by atoms with Crippen molar-refractivity contribution in [1.29, 1.82) is 0 Å². The van der Waals surface area contributed by atoms with Gasteiger partial charge in [0.05, 0.1) is 18.6 Å². The highest BCUT2D eigenvalue weighted by molar-refractivity contribution is 5.72. The second-order valence-electron chi connectivity index (χ2n) is 3.14. The van der Waals surface area contributed by atoms with Gasteiger partial charge in [-0.15, -0.1) is 0 Å². The molecule has 0 saturated carbocycles. The number of pyridine rings is 1. The van der Waals surface area contributed by atoms with Gasteiger partial charge >= 0.3 is 5.97 Å². The minimum Gasteiger partial charge on any atom is -0.466 e. The minimum absolute atomic E-state index is 0.0915. The van der Waals surface area contributed by atoms with Gasteiger partial charge in [0.15, 0.2) is 5.82 Å². The molecule has 1 rings (SSSR count). The summed E-state index contributed by atoms with van der Waals surface area (Å²) >= 11 is 0. The number of hydrogen-bond acceptors (Lipinski definition) is 3. The van der Waals surface area contributed by atoms with Crippen LogP contribution in [0.3, 0.4) is 0 Å². The van der Waals surface area contributed by atoms with Crippen molar-refractivity contribution < 1.29 is 22.7 Å². The highest BCUT2D eigenvalue weighted by atomic mass is 19.3. The number of aromatic nitrogens is 1. The Labute approximate surface area is 94.4 Å². The number of H-pyrrole nitrogens is 1. The molecular weight excluding hydrogens is 239 g/mol. The lowest BCUT2D eigenvalue weighted by molar-refractivity contribution is -0.142. The molecule has 0 aromatic carbocycles. The largest absolute Gasteiger partial charge is 0.466 e. The molecule has 7 heteroatoms. The van der Waals surface area contributed by atoms with Crippen LogP contribution in [0.4, 0.5) is 13.2 Å². The molecule has 1 N–H and O–H groups in total. The van der Waals surface area contributed by atoms with Crippen LogP contribution in [0.15, 0.2) is 11.0 Å². The van der Waals surface area contributed by atoms with Crippen molar-refractivity contribution in [3.63, 3.8) is 0 Å². The molecule has 0 aliphatic heterocycles. The van der Waals surface area contributed by atoms with E-state index in [0.717, 1.165) is 0 Å². The second-order valence-corrected chi connectivity index (χ2v) is 3.14. The number of esters is 1. The van der Waals surface area contributed by atoms with Crippen LogP contribution in [0.5, 0.6) is 0 Å². The fourth-order valence-corrected chi connectivity index (χ4v) is 1.29. The summed E-state index contributed by atoms with van der Waals surface area (Å²) < 4.78 is 42.5. The molecule has 0 aliphatic carbocycles. The van der Waals surface area contributed by atoms with Crippen LogP contribution < -0.4 is 5.43 Å². The number of rotatable bonds is 4. The first-order valence-corrected chi connectivity index (χ1v) is 4.81. The molecule has 0 aliphatic rings. The Morgan fingerprint density at radius 2 is 2.18 bits per heavy atom. The lowest BCUT2D eigenvalue weighted by Crippen LogP contribution is -2.20. The smallest absolute Gasteiger partial charge is 0.311 e. The Kier molecular flexibility index (Phi) is 4.30. The van der Waals surface area contributed by atoms with Crippen molar-refractivity contribution in [1.82, 2.24) is 4.98 Å². The molecule has 0 fully saturated rings. The van der Waals surface area contributed by atoms with Gasteiger partial charge in [-0.05, 0) is 6.92 Å². The third-order valence-electron chi connectivity index (χ3n) is 2.00. The average molecular weight is 249 g/mol. The molecule has 0 radical (unpaired) electrons. The minimum atomic E-state index is -3.15. The summed E-state index contributed by atoms with van der Waals surface area (Å²) in [7, 11) is 0. The summed E-state index contributed by atoms with van der Waals surface area (Å²) in [6.45, 7) is 1.65. The van der Waals surface area contributed by atoms with Crippen molar-refractivity contribution in [2.75, 3.05) is 6.61 Å². The van der Waals surface area contributed by atoms with E-state index in [4.69, 9.17) is 0 Å².